The quantitative estimate of drug-likeness (QED) is 0.564. The van der Waals surface area contributed by atoms with Crippen LogP contribution in [0.15, 0.2) is 0 Å². The van der Waals surface area contributed by atoms with Crippen LogP contribution in [0.3, 0.4) is 0 Å². The highest BCUT2D eigenvalue weighted by atomic mass is 16.5. The Balaban J connectivity index is 2.75. The van der Waals surface area contributed by atoms with E-state index in [1.54, 1.807) is 0 Å². The predicted octanol–water partition coefficient (Wildman–Crippen LogP) is 0.998. The average Bonchev–Trinajstić information content (AvgIpc) is 1.80. The van der Waals surface area contributed by atoms with Crippen molar-refractivity contribution in [2.45, 2.75) is 25.9 Å². The summed E-state index contributed by atoms with van der Waals surface area (Å²) in [5.41, 5.74) is 0. The smallest absolute Gasteiger partial charge is 0.0774 e. The van der Waals surface area contributed by atoms with Crippen molar-refractivity contribution in [3.8, 4) is 0 Å². The van der Waals surface area contributed by atoms with Crippen LogP contribution in [0.25, 0.3) is 0 Å². The van der Waals surface area contributed by atoms with Gasteiger partial charge in [0.15, 0.2) is 0 Å². The number of hydrogen-bond donors (Lipinski definition) is 1. The molecule has 1 N–H and O–H groups in total. The molecule has 0 bridgehead atoms. The van der Waals surface area contributed by atoms with E-state index in [4.69, 9.17) is 9.84 Å². The minimum atomic E-state index is -0.568. The zero-order valence-electron chi connectivity index (χ0n) is 5.97. The van der Waals surface area contributed by atoms with Crippen LogP contribution in [0.1, 0.15) is 19.8 Å². The molecule has 9 heavy (non-hydrogen) atoms. The van der Waals surface area contributed by atoms with E-state index in [1.165, 1.54) is 0 Å². The molecule has 0 rings (SSSR count). The van der Waals surface area contributed by atoms with Crippen LogP contribution in [0.4, 0.5) is 0 Å². The molecule has 2 heteroatoms. The topological polar surface area (TPSA) is 29.5 Å². The maximum Gasteiger partial charge on any atom is 0.0774 e. The Hall–Kier alpha value is -0.0800. The van der Waals surface area contributed by atoms with Crippen LogP contribution in [-0.4, -0.2) is 24.4 Å². The number of rotatable bonds is 5. The van der Waals surface area contributed by atoms with E-state index >= 15 is 0 Å². The Bertz CT molecular complexity index is 52.9. The normalized spacial score (nSPS) is 13.7. The molecular weight excluding hydrogens is 116 g/mol. The van der Waals surface area contributed by atoms with Gasteiger partial charge in [-0.05, 0) is 13.3 Å². The highest BCUT2D eigenvalue weighted by molar-refractivity contribution is 4.52. The molecule has 0 aromatic heterocycles. The Morgan fingerprint density at radius 1 is 1.67 bits per heavy atom. The highest BCUT2D eigenvalue weighted by Crippen LogP contribution is 1.88. The molecule has 0 spiro atoms. The summed E-state index contributed by atoms with van der Waals surface area (Å²) in [6, 6.07) is 0. The molecule has 0 aliphatic carbocycles. The van der Waals surface area contributed by atoms with E-state index in [1.807, 2.05) is 0 Å². The molecule has 1 unspecified atom stereocenters. The third kappa shape index (κ3) is 7.92. The van der Waals surface area contributed by atoms with Gasteiger partial charge in [-0.25, -0.2) is 0 Å². The van der Waals surface area contributed by atoms with Crippen molar-refractivity contribution in [2.24, 2.45) is 0 Å². The summed E-state index contributed by atoms with van der Waals surface area (Å²) >= 11 is 0. The van der Waals surface area contributed by atoms with E-state index in [0.717, 1.165) is 19.4 Å². The molecule has 2 nitrogen and oxygen atoms in total. The summed E-state index contributed by atoms with van der Waals surface area (Å²) in [5, 5.41) is 8.62. The summed E-state index contributed by atoms with van der Waals surface area (Å²) < 4.78 is 5.02. The Kier molecular flexibility index (Phi) is 5.99. The molecule has 55 valence electrons. The SMILES string of the molecule is [CH2]C(O)COCCCC. The van der Waals surface area contributed by atoms with Crippen LogP contribution >= 0.6 is 0 Å². The van der Waals surface area contributed by atoms with Gasteiger partial charge in [-0.3, -0.25) is 0 Å². The van der Waals surface area contributed by atoms with E-state index in [2.05, 4.69) is 13.8 Å². The van der Waals surface area contributed by atoms with Gasteiger partial charge in [-0.1, -0.05) is 13.3 Å². The van der Waals surface area contributed by atoms with Crippen molar-refractivity contribution in [3.05, 3.63) is 6.92 Å². The number of hydrogen-bond acceptors (Lipinski definition) is 2. The molecule has 1 radical (unpaired) electrons. The molecule has 0 aliphatic heterocycles. The van der Waals surface area contributed by atoms with Crippen LogP contribution in [0, 0.1) is 6.92 Å². The van der Waals surface area contributed by atoms with Gasteiger partial charge < -0.3 is 9.84 Å². The van der Waals surface area contributed by atoms with Crippen molar-refractivity contribution in [3.63, 3.8) is 0 Å². The number of aliphatic hydroxyl groups excluding tert-OH is 1. The second kappa shape index (κ2) is 6.05. The molecular formula is C7H15O2. The van der Waals surface area contributed by atoms with Crippen molar-refractivity contribution >= 4 is 0 Å². The van der Waals surface area contributed by atoms with E-state index < -0.39 is 6.10 Å². The molecule has 0 heterocycles. The van der Waals surface area contributed by atoms with Crippen LogP contribution in [0.5, 0.6) is 0 Å². The summed E-state index contributed by atoms with van der Waals surface area (Å²) in [7, 11) is 0. The second-order valence-corrected chi connectivity index (χ2v) is 2.08. The first-order chi connectivity index (χ1) is 4.27. The molecule has 0 saturated heterocycles. The number of ether oxygens (including phenoxy) is 1. The molecule has 1 atom stereocenters. The average molecular weight is 131 g/mol. The van der Waals surface area contributed by atoms with Gasteiger partial charge in [-0.15, -0.1) is 0 Å². The van der Waals surface area contributed by atoms with Gasteiger partial charge >= 0.3 is 0 Å². The molecule has 0 aromatic carbocycles. The van der Waals surface area contributed by atoms with Gasteiger partial charge in [0.25, 0.3) is 0 Å². The molecule has 0 amide bonds. The van der Waals surface area contributed by atoms with Gasteiger partial charge in [0.05, 0.1) is 12.7 Å². The minimum absolute atomic E-state index is 0.361. The van der Waals surface area contributed by atoms with E-state index in [9.17, 15) is 0 Å². The second-order valence-electron chi connectivity index (χ2n) is 2.08. The maximum absolute atomic E-state index is 8.62. The number of aliphatic hydroxyl groups is 1. The first-order valence-corrected chi connectivity index (χ1v) is 3.36. The fourth-order valence-electron chi connectivity index (χ4n) is 0.466. The van der Waals surface area contributed by atoms with E-state index in [-0.39, 0.29) is 0 Å². The van der Waals surface area contributed by atoms with Crippen molar-refractivity contribution in [1.82, 2.24) is 0 Å². The standard InChI is InChI=1S/C7H15O2/c1-3-4-5-9-6-7(2)8/h7-8H,2-6H2,1H3. The molecule has 0 saturated carbocycles. The molecule has 0 aromatic rings. The Labute approximate surface area is 56.8 Å². The largest absolute Gasteiger partial charge is 0.391 e. The third-order valence-corrected chi connectivity index (χ3v) is 0.952. The number of unbranched alkanes of at least 4 members (excludes halogenated alkanes) is 1. The Morgan fingerprint density at radius 3 is 2.78 bits per heavy atom. The van der Waals surface area contributed by atoms with Crippen molar-refractivity contribution < 1.29 is 9.84 Å². The van der Waals surface area contributed by atoms with E-state index in [0.29, 0.717) is 6.61 Å². The summed E-state index contributed by atoms with van der Waals surface area (Å²) in [6.45, 7) is 6.57. The van der Waals surface area contributed by atoms with Gasteiger partial charge in [0.2, 0.25) is 0 Å². The fraction of sp³-hybridized carbons (Fsp3) is 0.857. The lowest BCUT2D eigenvalue weighted by atomic mass is 10.4. The summed E-state index contributed by atoms with van der Waals surface area (Å²) in [6.07, 6.45) is 1.63. The third-order valence-electron chi connectivity index (χ3n) is 0.952. The summed E-state index contributed by atoms with van der Waals surface area (Å²) in [5.74, 6) is 0. The van der Waals surface area contributed by atoms with Crippen molar-refractivity contribution in [2.75, 3.05) is 13.2 Å². The molecule has 0 aliphatic rings. The highest BCUT2D eigenvalue weighted by Gasteiger charge is 1.92. The predicted molar refractivity (Wildman–Crippen MR) is 37.1 cm³/mol. The zero-order chi connectivity index (χ0) is 7.11. The fourth-order valence-corrected chi connectivity index (χ4v) is 0.466. The van der Waals surface area contributed by atoms with Crippen molar-refractivity contribution in [1.29, 1.82) is 0 Å². The lowest BCUT2D eigenvalue weighted by Crippen LogP contribution is -2.11. The van der Waals surface area contributed by atoms with Crippen LogP contribution in [0.2, 0.25) is 0 Å². The minimum Gasteiger partial charge on any atom is -0.391 e. The van der Waals surface area contributed by atoms with Gasteiger partial charge in [-0.2, -0.15) is 0 Å². The van der Waals surface area contributed by atoms with Gasteiger partial charge in [0.1, 0.15) is 0 Å². The zero-order valence-corrected chi connectivity index (χ0v) is 5.97. The van der Waals surface area contributed by atoms with Crippen LogP contribution < -0.4 is 0 Å². The monoisotopic (exact) mass is 131 g/mol. The summed E-state index contributed by atoms with van der Waals surface area (Å²) in [4.78, 5) is 0. The van der Waals surface area contributed by atoms with Gasteiger partial charge in [0, 0.05) is 6.61 Å². The first-order valence-electron chi connectivity index (χ1n) is 3.36. The lowest BCUT2D eigenvalue weighted by molar-refractivity contribution is 0.0570. The van der Waals surface area contributed by atoms with Crippen LogP contribution in [-0.2, 0) is 4.74 Å². The maximum atomic E-state index is 8.62. The lowest BCUT2D eigenvalue weighted by Gasteiger charge is -2.03. The Morgan fingerprint density at radius 2 is 2.33 bits per heavy atom. The first kappa shape index (κ1) is 8.92. The molecule has 0 fully saturated rings.